The van der Waals surface area contributed by atoms with Crippen LogP contribution >= 0.6 is 0 Å². The number of rotatable bonds is 8. The molecule has 0 spiro atoms. The number of carbonyl (C=O) groups excluding carboxylic acids is 3. The van der Waals surface area contributed by atoms with Gasteiger partial charge in [-0.3, -0.25) is 9.59 Å². The molecule has 2 aromatic rings. The lowest BCUT2D eigenvalue weighted by molar-refractivity contribution is -0.142. The number of nitrogens with one attached hydrogen (secondary N) is 2. The van der Waals surface area contributed by atoms with Crippen LogP contribution in [0.1, 0.15) is 57.4 Å². The van der Waals surface area contributed by atoms with Crippen LogP contribution in [0.4, 0.5) is 4.79 Å². The standard InChI is InChI=1S/C26H35N3O4/c1-18(2)29(22(30)17-28-25(32)33-26(4,5)6)23(21-14-10-11-19(3)15-21)24(31)27-16-20-12-8-7-9-13-20/h7-15,18,23H,16-17H2,1-6H3,(H,27,31)(H,28,32). The summed E-state index contributed by atoms with van der Waals surface area (Å²) < 4.78 is 5.22. The lowest BCUT2D eigenvalue weighted by Crippen LogP contribution is -2.50. The number of carbonyl (C=O) groups is 3. The van der Waals surface area contributed by atoms with Gasteiger partial charge in [0.15, 0.2) is 0 Å². The number of benzene rings is 2. The molecule has 0 saturated heterocycles. The van der Waals surface area contributed by atoms with Crippen molar-refractivity contribution in [3.63, 3.8) is 0 Å². The molecule has 0 aliphatic rings. The quantitative estimate of drug-likeness (QED) is 0.630. The minimum atomic E-state index is -0.846. The Hall–Kier alpha value is -3.35. The monoisotopic (exact) mass is 453 g/mol. The highest BCUT2D eigenvalue weighted by Crippen LogP contribution is 2.25. The van der Waals surface area contributed by atoms with Crippen molar-refractivity contribution in [2.24, 2.45) is 0 Å². The summed E-state index contributed by atoms with van der Waals surface area (Å²) in [6.45, 7) is 10.9. The number of alkyl carbamates (subject to hydrolysis) is 1. The van der Waals surface area contributed by atoms with E-state index in [9.17, 15) is 14.4 Å². The molecule has 0 aliphatic heterocycles. The van der Waals surface area contributed by atoms with Crippen molar-refractivity contribution in [3.05, 3.63) is 71.3 Å². The maximum absolute atomic E-state index is 13.4. The van der Waals surface area contributed by atoms with E-state index in [1.165, 1.54) is 4.90 Å². The van der Waals surface area contributed by atoms with E-state index in [4.69, 9.17) is 4.74 Å². The molecule has 2 rings (SSSR count). The third kappa shape index (κ3) is 8.25. The van der Waals surface area contributed by atoms with Gasteiger partial charge in [-0.15, -0.1) is 0 Å². The minimum absolute atomic E-state index is 0.276. The van der Waals surface area contributed by atoms with E-state index < -0.39 is 17.7 Å². The number of ether oxygens (including phenoxy) is 1. The van der Waals surface area contributed by atoms with Crippen molar-refractivity contribution < 1.29 is 19.1 Å². The fraction of sp³-hybridized carbons (Fsp3) is 0.423. The van der Waals surface area contributed by atoms with Gasteiger partial charge in [-0.1, -0.05) is 60.2 Å². The zero-order chi connectivity index (χ0) is 24.6. The predicted octanol–water partition coefficient (Wildman–Crippen LogP) is 4.11. The first-order chi connectivity index (χ1) is 15.5. The first-order valence-electron chi connectivity index (χ1n) is 11.1. The maximum Gasteiger partial charge on any atom is 0.408 e. The van der Waals surface area contributed by atoms with Gasteiger partial charge < -0.3 is 20.3 Å². The largest absolute Gasteiger partial charge is 0.444 e. The molecule has 1 atom stereocenters. The molecule has 0 fully saturated rings. The smallest absolute Gasteiger partial charge is 0.408 e. The van der Waals surface area contributed by atoms with E-state index in [1.54, 1.807) is 20.8 Å². The van der Waals surface area contributed by atoms with Crippen LogP contribution < -0.4 is 10.6 Å². The zero-order valence-corrected chi connectivity index (χ0v) is 20.3. The molecule has 2 N–H and O–H groups in total. The number of hydrogen-bond donors (Lipinski definition) is 2. The summed E-state index contributed by atoms with van der Waals surface area (Å²) in [5.74, 6) is -0.666. The average molecular weight is 454 g/mol. The fourth-order valence-electron chi connectivity index (χ4n) is 3.44. The molecule has 0 saturated carbocycles. The van der Waals surface area contributed by atoms with Crippen LogP contribution in [0.3, 0.4) is 0 Å². The van der Waals surface area contributed by atoms with Crippen LogP contribution in [0.25, 0.3) is 0 Å². The number of amides is 3. The Morgan fingerprint density at radius 3 is 2.21 bits per heavy atom. The molecule has 0 aliphatic carbocycles. The highest BCUT2D eigenvalue weighted by atomic mass is 16.6. The highest BCUT2D eigenvalue weighted by Gasteiger charge is 2.33. The Bertz CT molecular complexity index is 952. The van der Waals surface area contributed by atoms with Crippen molar-refractivity contribution in [2.75, 3.05) is 6.54 Å². The van der Waals surface area contributed by atoms with Crippen LogP contribution in [0.15, 0.2) is 54.6 Å². The molecule has 7 nitrogen and oxygen atoms in total. The van der Waals surface area contributed by atoms with Crippen LogP contribution in [0.5, 0.6) is 0 Å². The van der Waals surface area contributed by atoms with E-state index in [0.717, 1.165) is 11.1 Å². The zero-order valence-electron chi connectivity index (χ0n) is 20.3. The second kappa shape index (κ2) is 11.5. The molecule has 3 amide bonds. The molecule has 7 heteroatoms. The van der Waals surface area contributed by atoms with E-state index >= 15 is 0 Å². The van der Waals surface area contributed by atoms with Gasteiger partial charge in [-0.05, 0) is 52.7 Å². The van der Waals surface area contributed by atoms with Gasteiger partial charge in [0.05, 0.1) is 0 Å². The maximum atomic E-state index is 13.4. The topological polar surface area (TPSA) is 87.7 Å². The number of aryl methyl sites for hydroxylation is 1. The Labute approximate surface area is 196 Å². The summed E-state index contributed by atoms with van der Waals surface area (Å²) in [5, 5.41) is 5.46. The van der Waals surface area contributed by atoms with Crippen molar-refractivity contribution in [1.29, 1.82) is 0 Å². The van der Waals surface area contributed by atoms with Crippen molar-refractivity contribution in [1.82, 2.24) is 15.5 Å². The van der Waals surface area contributed by atoms with Gasteiger partial charge in [0.1, 0.15) is 18.2 Å². The van der Waals surface area contributed by atoms with E-state index in [-0.39, 0.29) is 24.4 Å². The second-order valence-electron chi connectivity index (χ2n) is 9.27. The summed E-state index contributed by atoms with van der Waals surface area (Å²) in [7, 11) is 0. The van der Waals surface area contributed by atoms with Crippen molar-refractivity contribution in [3.8, 4) is 0 Å². The first-order valence-corrected chi connectivity index (χ1v) is 11.1. The molecular weight excluding hydrogens is 418 g/mol. The van der Waals surface area contributed by atoms with E-state index in [2.05, 4.69) is 10.6 Å². The molecule has 0 aromatic heterocycles. The summed E-state index contributed by atoms with van der Waals surface area (Å²) >= 11 is 0. The molecule has 2 aromatic carbocycles. The Morgan fingerprint density at radius 1 is 0.970 bits per heavy atom. The highest BCUT2D eigenvalue weighted by molar-refractivity contribution is 5.90. The van der Waals surface area contributed by atoms with Crippen LogP contribution in [0.2, 0.25) is 0 Å². The second-order valence-corrected chi connectivity index (χ2v) is 9.27. The average Bonchev–Trinajstić information content (AvgIpc) is 2.73. The lowest BCUT2D eigenvalue weighted by atomic mass is 10.00. The summed E-state index contributed by atoms with van der Waals surface area (Å²) in [5.41, 5.74) is 1.98. The molecule has 0 bridgehead atoms. The van der Waals surface area contributed by atoms with Crippen LogP contribution in [0, 0.1) is 6.92 Å². The number of hydrogen-bond acceptors (Lipinski definition) is 4. The van der Waals surface area contributed by atoms with Gasteiger partial charge in [-0.25, -0.2) is 4.79 Å². The summed E-state index contributed by atoms with van der Waals surface area (Å²) in [6, 6.07) is 16.0. The van der Waals surface area contributed by atoms with Crippen LogP contribution in [-0.4, -0.2) is 41.0 Å². The third-order valence-electron chi connectivity index (χ3n) is 4.82. The Morgan fingerprint density at radius 2 is 1.64 bits per heavy atom. The Kier molecular flexibility index (Phi) is 9.02. The summed E-state index contributed by atoms with van der Waals surface area (Å²) in [4.78, 5) is 40.2. The number of nitrogens with zero attached hydrogens (tertiary/aromatic N) is 1. The van der Waals surface area contributed by atoms with Gasteiger partial charge in [-0.2, -0.15) is 0 Å². The summed E-state index contributed by atoms with van der Waals surface area (Å²) in [6.07, 6.45) is -0.680. The van der Waals surface area contributed by atoms with Gasteiger partial charge >= 0.3 is 6.09 Å². The van der Waals surface area contributed by atoms with E-state index in [1.807, 2.05) is 75.4 Å². The minimum Gasteiger partial charge on any atom is -0.444 e. The van der Waals surface area contributed by atoms with E-state index in [0.29, 0.717) is 12.1 Å². The van der Waals surface area contributed by atoms with Crippen LogP contribution in [-0.2, 0) is 20.9 Å². The normalized spacial score (nSPS) is 12.1. The fourth-order valence-corrected chi connectivity index (χ4v) is 3.44. The van der Waals surface area contributed by atoms with Crippen molar-refractivity contribution in [2.45, 2.75) is 65.8 Å². The van der Waals surface area contributed by atoms with Gasteiger partial charge in [0.2, 0.25) is 11.8 Å². The SMILES string of the molecule is Cc1cccc(C(C(=O)NCc2ccccc2)N(C(=O)CNC(=O)OC(C)(C)C)C(C)C)c1. The Balaban J connectivity index is 2.26. The molecule has 0 heterocycles. The van der Waals surface area contributed by atoms with Crippen molar-refractivity contribution >= 4 is 17.9 Å². The third-order valence-corrected chi connectivity index (χ3v) is 4.82. The molecule has 178 valence electrons. The molecule has 33 heavy (non-hydrogen) atoms. The molecule has 0 radical (unpaired) electrons. The first kappa shape index (κ1) is 25.9. The molecular formula is C26H35N3O4. The lowest BCUT2D eigenvalue weighted by Gasteiger charge is -2.35. The van der Waals surface area contributed by atoms with Gasteiger partial charge in [0, 0.05) is 12.6 Å². The predicted molar refractivity (Wildman–Crippen MR) is 128 cm³/mol. The molecule has 1 unspecified atom stereocenters. The van der Waals surface area contributed by atoms with Gasteiger partial charge in [0.25, 0.3) is 0 Å².